The van der Waals surface area contributed by atoms with Gasteiger partial charge in [0.1, 0.15) is 27.8 Å². The standard InChI is InChI=1S/C22H30N8O4/c1-21(2,3)33-19(31)28-18(29-20(32)34-22(4,5)6)25-10-11-30-12-26-15-16(30)14-13(27-17(15)23)8-7-9-24-14/h7-9,12H,10-11H2,1-6H3,(H2,23,27)(H2,25,28,29,31,32). The molecule has 3 aromatic rings. The normalized spacial score (nSPS) is 11.8. The number of anilines is 1. The molecule has 34 heavy (non-hydrogen) atoms. The Bertz CT molecular complexity index is 1210. The topological polar surface area (TPSA) is 159 Å². The summed E-state index contributed by atoms with van der Waals surface area (Å²) in [5.74, 6) is 0.203. The first-order valence-corrected chi connectivity index (χ1v) is 10.7. The highest BCUT2D eigenvalue weighted by atomic mass is 16.6. The Morgan fingerprint density at radius 2 is 1.65 bits per heavy atom. The molecule has 0 radical (unpaired) electrons. The van der Waals surface area contributed by atoms with Crippen molar-refractivity contribution in [1.82, 2.24) is 30.2 Å². The fraction of sp³-hybridized carbons (Fsp3) is 0.455. The summed E-state index contributed by atoms with van der Waals surface area (Å²) < 4.78 is 12.3. The van der Waals surface area contributed by atoms with Crippen LogP contribution >= 0.6 is 0 Å². The highest BCUT2D eigenvalue weighted by molar-refractivity contribution is 6.04. The zero-order valence-electron chi connectivity index (χ0n) is 20.2. The third-order valence-electron chi connectivity index (χ3n) is 4.18. The van der Waals surface area contributed by atoms with Crippen LogP contribution in [0.25, 0.3) is 22.1 Å². The highest BCUT2D eigenvalue weighted by Gasteiger charge is 2.21. The SMILES string of the molecule is CC(C)(C)OC(=O)NC(=NCCn1cnc2c(N)nc3cccnc3c21)NC(=O)OC(C)(C)C. The van der Waals surface area contributed by atoms with Crippen molar-refractivity contribution in [3.8, 4) is 0 Å². The maximum absolute atomic E-state index is 12.2. The quantitative estimate of drug-likeness (QED) is 0.389. The van der Waals surface area contributed by atoms with Crippen LogP contribution in [0.3, 0.4) is 0 Å². The summed E-state index contributed by atoms with van der Waals surface area (Å²) in [4.78, 5) is 41.9. The van der Waals surface area contributed by atoms with Crippen LogP contribution in [0.5, 0.6) is 0 Å². The van der Waals surface area contributed by atoms with Gasteiger partial charge in [-0.25, -0.2) is 19.6 Å². The molecule has 0 aliphatic carbocycles. The van der Waals surface area contributed by atoms with Gasteiger partial charge in [-0.3, -0.25) is 20.6 Å². The molecule has 3 aromatic heterocycles. The number of rotatable bonds is 3. The number of carbonyl (C=O) groups is 2. The molecule has 0 aromatic carbocycles. The molecule has 182 valence electrons. The van der Waals surface area contributed by atoms with E-state index in [9.17, 15) is 9.59 Å². The third-order valence-corrected chi connectivity index (χ3v) is 4.18. The number of amides is 2. The fourth-order valence-electron chi connectivity index (χ4n) is 3.02. The van der Waals surface area contributed by atoms with Crippen molar-refractivity contribution in [3.05, 3.63) is 24.7 Å². The van der Waals surface area contributed by atoms with Crippen molar-refractivity contribution in [2.75, 3.05) is 12.3 Å². The largest absolute Gasteiger partial charge is 0.444 e. The monoisotopic (exact) mass is 470 g/mol. The Morgan fingerprint density at radius 3 is 2.24 bits per heavy atom. The van der Waals surface area contributed by atoms with Gasteiger partial charge in [0.15, 0.2) is 5.82 Å². The van der Waals surface area contributed by atoms with Crippen LogP contribution in [-0.2, 0) is 16.0 Å². The zero-order chi connectivity index (χ0) is 25.1. The second kappa shape index (κ2) is 9.49. The number of fused-ring (bicyclic) bond motifs is 3. The molecule has 0 fully saturated rings. The van der Waals surface area contributed by atoms with Gasteiger partial charge in [-0.15, -0.1) is 0 Å². The molecule has 3 heterocycles. The van der Waals surface area contributed by atoms with Gasteiger partial charge in [-0.05, 0) is 53.7 Å². The van der Waals surface area contributed by atoms with Gasteiger partial charge in [0, 0.05) is 12.7 Å². The van der Waals surface area contributed by atoms with Gasteiger partial charge in [0.2, 0.25) is 5.96 Å². The van der Waals surface area contributed by atoms with E-state index in [1.807, 2.05) is 10.6 Å². The number of aliphatic imine (C=N–C) groups is 1. The van der Waals surface area contributed by atoms with E-state index >= 15 is 0 Å². The molecule has 2 amide bonds. The number of imidazole rings is 1. The Kier molecular flexibility index (Phi) is 6.89. The summed E-state index contributed by atoms with van der Waals surface area (Å²) in [5.41, 5.74) is 7.18. The number of ether oxygens (including phenoxy) is 2. The van der Waals surface area contributed by atoms with E-state index < -0.39 is 23.4 Å². The number of hydrogen-bond donors (Lipinski definition) is 3. The Hall–Kier alpha value is -3.96. The predicted octanol–water partition coefficient (Wildman–Crippen LogP) is 2.97. The summed E-state index contributed by atoms with van der Waals surface area (Å²) in [6.07, 6.45) is 1.77. The molecule has 0 aliphatic rings. The number of nitrogens with one attached hydrogen (secondary N) is 2. The molecule has 4 N–H and O–H groups in total. The molecule has 12 nitrogen and oxygen atoms in total. The van der Waals surface area contributed by atoms with Gasteiger partial charge in [0.25, 0.3) is 0 Å². The van der Waals surface area contributed by atoms with Crippen LogP contribution in [0.1, 0.15) is 41.5 Å². The summed E-state index contributed by atoms with van der Waals surface area (Å²) in [7, 11) is 0. The second-order valence-electron chi connectivity index (χ2n) is 9.49. The van der Waals surface area contributed by atoms with Gasteiger partial charge in [-0.1, -0.05) is 0 Å². The first-order chi connectivity index (χ1) is 15.8. The van der Waals surface area contributed by atoms with E-state index in [0.29, 0.717) is 28.9 Å². The lowest BCUT2D eigenvalue weighted by Gasteiger charge is -2.22. The minimum atomic E-state index is -0.760. The van der Waals surface area contributed by atoms with Crippen LogP contribution < -0.4 is 16.4 Å². The molecule has 0 bridgehead atoms. The first-order valence-electron chi connectivity index (χ1n) is 10.7. The fourth-order valence-corrected chi connectivity index (χ4v) is 3.02. The molecular formula is C22H30N8O4. The Morgan fingerprint density at radius 1 is 1.03 bits per heavy atom. The lowest BCUT2D eigenvalue weighted by molar-refractivity contribution is 0.0545. The lowest BCUT2D eigenvalue weighted by Crippen LogP contribution is -2.47. The van der Waals surface area contributed by atoms with Crippen molar-refractivity contribution in [2.24, 2.45) is 4.99 Å². The van der Waals surface area contributed by atoms with E-state index in [4.69, 9.17) is 15.2 Å². The van der Waals surface area contributed by atoms with Crippen LogP contribution in [0.2, 0.25) is 0 Å². The molecule has 0 unspecified atom stereocenters. The number of carbonyl (C=O) groups excluding carboxylic acids is 2. The lowest BCUT2D eigenvalue weighted by atomic mass is 10.2. The van der Waals surface area contributed by atoms with Crippen molar-refractivity contribution < 1.29 is 19.1 Å². The molecular weight excluding hydrogens is 440 g/mol. The van der Waals surface area contributed by atoms with Crippen molar-refractivity contribution in [3.63, 3.8) is 0 Å². The van der Waals surface area contributed by atoms with E-state index in [2.05, 4.69) is 30.6 Å². The Labute approximate surface area is 197 Å². The summed E-state index contributed by atoms with van der Waals surface area (Å²) in [6, 6.07) is 3.60. The number of alkyl carbamates (subject to hydrolysis) is 2. The first kappa shape index (κ1) is 24.7. The number of nitrogens with two attached hydrogens (primary N) is 1. The Balaban J connectivity index is 1.82. The van der Waals surface area contributed by atoms with Gasteiger partial charge in [-0.2, -0.15) is 0 Å². The third kappa shape index (κ3) is 6.53. The zero-order valence-corrected chi connectivity index (χ0v) is 20.2. The van der Waals surface area contributed by atoms with Crippen LogP contribution in [0.15, 0.2) is 29.6 Å². The van der Waals surface area contributed by atoms with Gasteiger partial charge >= 0.3 is 12.2 Å². The van der Waals surface area contributed by atoms with Crippen molar-refractivity contribution in [2.45, 2.75) is 59.3 Å². The molecule has 0 aliphatic heterocycles. The van der Waals surface area contributed by atoms with E-state index in [-0.39, 0.29) is 12.5 Å². The maximum atomic E-state index is 12.2. The number of aromatic nitrogens is 4. The molecule has 0 saturated heterocycles. The molecule has 0 atom stereocenters. The van der Waals surface area contributed by atoms with Gasteiger partial charge in [0.05, 0.1) is 18.4 Å². The van der Waals surface area contributed by atoms with E-state index in [1.165, 1.54) is 0 Å². The van der Waals surface area contributed by atoms with Crippen LogP contribution in [0, 0.1) is 0 Å². The van der Waals surface area contributed by atoms with Gasteiger partial charge < -0.3 is 19.8 Å². The summed E-state index contributed by atoms with van der Waals surface area (Å²) >= 11 is 0. The highest BCUT2D eigenvalue weighted by Crippen LogP contribution is 2.25. The van der Waals surface area contributed by atoms with Crippen molar-refractivity contribution in [1.29, 1.82) is 0 Å². The number of hydrogen-bond acceptors (Lipinski definition) is 9. The minimum absolute atomic E-state index is 0.0999. The molecule has 3 rings (SSSR count). The number of nitrogens with zero attached hydrogens (tertiary/aromatic N) is 5. The predicted molar refractivity (Wildman–Crippen MR) is 128 cm³/mol. The molecule has 12 heteroatoms. The maximum Gasteiger partial charge on any atom is 0.414 e. The van der Waals surface area contributed by atoms with Crippen molar-refractivity contribution >= 4 is 46.0 Å². The average Bonchev–Trinajstić information content (AvgIpc) is 3.10. The molecule has 0 spiro atoms. The minimum Gasteiger partial charge on any atom is -0.444 e. The number of nitrogen functional groups attached to an aromatic ring is 1. The van der Waals surface area contributed by atoms with E-state index in [0.717, 1.165) is 5.52 Å². The average molecular weight is 471 g/mol. The summed E-state index contributed by atoms with van der Waals surface area (Å²) in [6.45, 7) is 10.9. The van der Waals surface area contributed by atoms with Crippen LogP contribution in [-0.4, -0.2) is 55.4 Å². The number of guanidine groups is 1. The van der Waals surface area contributed by atoms with Crippen LogP contribution in [0.4, 0.5) is 15.4 Å². The van der Waals surface area contributed by atoms with E-state index in [1.54, 1.807) is 60.1 Å². The molecule has 0 saturated carbocycles. The second-order valence-corrected chi connectivity index (χ2v) is 9.49. The number of pyridine rings is 2. The smallest absolute Gasteiger partial charge is 0.414 e. The summed E-state index contributed by atoms with van der Waals surface area (Å²) in [5, 5.41) is 4.91.